The first-order valence-corrected chi connectivity index (χ1v) is 5.77. The fraction of sp³-hybridized carbons (Fsp3) is 0.250. The summed E-state index contributed by atoms with van der Waals surface area (Å²) in [5, 5.41) is 13.5. The van der Waals surface area contributed by atoms with E-state index in [2.05, 4.69) is 10.6 Å². The third-order valence-corrected chi connectivity index (χ3v) is 3.36. The maximum Gasteiger partial charge on any atom is 0.323 e. The van der Waals surface area contributed by atoms with Crippen LogP contribution in [-0.2, 0) is 15.1 Å². The summed E-state index contributed by atoms with van der Waals surface area (Å²) < 4.78 is 0. The Balaban J connectivity index is 2.20. The molecule has 2 heterocycles. The Morgan fingerprint density at radius 1 is 1.21 bits per heavy atom. The Morgan fingerprint density at radius 2 is 1.95 bits per heavy atom. The van der Waals surface area contributed by atoms with Crippen LogP contribution in [0.4, 0.5) is 10.5 Å². The van der Waals surface area contributed by atoms with E-state index in [1.165, 1.54) is 4.90 Å². The highest BCUT2D eigenvalue weighted by molar-refractivity contribution is 6.27. The van der Waals surface area contributed by atoms with E-state index in [0.717, 1.165) is 0 Å². The number of anilines is 1. The van der Waals surface area contributed by atoms with Gasteiger partial charge in [0.2, 0.25) is 5.54 Å². The molecule has 19 heavy (non-hydrogen) atoms. The van der Waals surface area contributed by atoms with Crippen molar-refractivity contribution in [1.82, 2.24) is 10.6 Å². The van der Waals surface area contributed by atoms with Gasteiger partial charge in [-0.3, -0.25) is 14.9 Å². The number of hydrogen-bond donors (Lipinski definition) is 3. The molecule has 2 aliphatic rings. The normalized spacial score (nSPS) is 24.7. The van der Waals surface area contributed by atoms with Crippen molar-refractivity contribution in [2.45, 2.75) is 5.54 Å². The van der Waals surface area contributed by atoms with E-state index in [0.29, 0.717) is 11.3 Å². The predicted molar refractivity (Wildman–Crippen MR) is 64.2 cm³/mol. The second-order valence-electron chi connectivity index (χ2n) is 4.36. The number of benzene rings is 1. The van der Waals surface area contributed by atoms with Crippen LogP contribution < -0.4 is 15.5 Å². The molecule has 1 fully saturated rings. The summed E-state index contributed by atoms with van der Waals surface area (Å²) in [6, 6.07) is 6.02. The molecule has 98 valence electrons. The quantitative estimate of drug-likeness (QED) is 0.472. The summed E-state index contributed by atoms with van der Waals surface area (Å²) in [5.41, 5.74) is -0.737. The van der Waals surface area contributed by atoms with Crippen LogP contribution in [0.1, 0.15) is 5.56 Å². The third kappa shape index (κ3) is 1.33. The minimum atomic E-state index is -1.69. The molecule has 1 saturated heterocycles. The standard InChI is InChI=1S/C12H11N3O4/c16-6-5-15-8-4-2-1-3-7(8)12(10(15)18)9(17)13-11(19)14-12/h1-4,16H,5-6H2,(H2,13,14,17,19). The lowest BCUT2D eigenvalue weighted by Gasteiger charge is -2.20. The van der Waals surface area contributed by atoms with Gasteiger partial charge >= 0.3 is 6.03 Å². The van der Waals surface area contributed by atoms with Crippen LogP contribution in [0.3, 0.4) is 0 Å². The molecule has 1 aromatic rings. The van der Waals surface area contributed by atoms with Crippen LogP contribution in [0.5, 0.6) is 0 Å². The lowest BCUT2D eigenvalue weighted by atomic mass is 9.92. The number of aliphatic hydroxyl groups excluding tert-OH is 1. The zero-order valence-corrected chi connectivity index (χ0v) is 9.84. The van der Waals surface area contributed by atoms with E-state index in [1.807, 2.05) is 0 Å². The minimum Gasteiger partial charge on any atom is -0.395 e. The lowest BCUT2D eigenvalue weighted by molar-refractivity contribution is -0.134. The van der Waals surface area contributed by atoms with Gasteiger partial charge in [-0.05, 0) is 6.07 Å². The average molecular weight is 261 g/mol. The molecule has 0 aromatic heterocycles. The van der Waals surface area contributed by atoms with Crippen molar-refractivity contribution in [3.05, 3.63) is 29.8 Å². The zero-order valence-electron chi connectivity index (χ0n) is 9.84. The third-order valence-electron chi connectivity index (χ3n) is 3.36. The number of fused-ring (bicyclic) bond motifs is 2. The van der Waals surface area contributed by atoms with Gasteiger partial charge in [0.15, 0.2) is 0 Å². The Labute approximate surface area is 108 Å². The molecule has 4 amide bonds. The molecule has 3 N–H and O–H groups in total. The molecule has 7 nitrogen and oxygen atoms in total. The van der Waals surface area contributed by atoms with Crippen molar-refractivity contribution in [2.24, 2.45) is 0 Å². The first-order valence-electron chi connectivity index (χ1n) is 5.77. The Hall–Kier alpha value is -2.41. The number of urea groups is 1. The maximum absolute atomic E-state index is 12.5. The molecule has 1 atom stereocenters. The number of carbonyl (C=O) groups excluding carboxylic acids is 3. The number of nitrogens with zero attached hydrogens (tertiary/aromatic N) is 1. The predicted octanol–water partition coefficient (Wildman–Crippen LogP) is -0.940. The fourth-order valence-electron chi connectivity index (χ4n) is 2.57. The van der Waals surface area contributed by atoms with Crippen molar-refractivity contribution < 1.29 is 19.5 Å². The Morgan fingerprint density at radius 3 is 2.58 bits per heavy atom. The van der Waals surface area contributed by atoms with E-state index in [9.17, 15) is 14.4 Å². The SMILES string of the molecule is O=C1NC(=O)C2(N1)C(=O)N(CCO)c1ccccc12. The van der Waals surface area contributed by atoms with Gasteiger partial charge in [-0.25, -0.2) is 4.79 Å². The molecule has 0 radical (unpaired) electrons. The van der Waals surface area contributed by atoms with E-state index < -0.39 is 23.4 Å². The highest BCUT2D eigenvalue weighted by Crippen LogP contribution is 2.41. The van der Waals surface area contributed by atoms with Gasteiger partial charge in [0.25, 0.3) is 11.8 Å². The second-order valence-corrected chi connectivity index (χ2v) is 4.36. The van der Waals surface area contributed by atoms with Gasteiger partial charge in [0, 0.05) is 12.1 Å². The highest BCUT2D eigenvalue weighted by atomic mass is 16.3. The van der Waals surface area contributed by atoms with Gasteiger partial charge in [-0.15, -0.1) is 0 Å². The Bertz CT molecular complexity index is 600. The van der Waals surface area contributed by atoms with Gasteiger partial charge in [-0.1, -0.05) is 18.2 Å². The van der Waals surface area contributed by atoms with Crippen LogP contribution in [0.15, 0.2) is 24.3 Å². The Kier molecular flexibility index (Phi) is 2.33. The van der Waals surface area contributed by atoms with Gasteiger partial charge in [-0.2, -0.15) is 0 Å². The number of carbonyl (C=O) groups is 3. The van der Waals surface area contributed by atoms with Crippen molar-refractivity contribution in [2.75, 3.05) is 18.1 Å². The largest absolute Gasteiger partial charge is 0.395 e. The number of rotatable bonds is 2. The molecular weight excluding hydrogens is 250 g/mol. The van der Waals surface area contributed by atoms with Gasteiger partial charge in [0.1, 0.15) is 0 Å². The smallest absolute Gasteiger partial charge is 0.323 e. The number of aliphatic hydroxyl groups is 1. The van der Waals surface area contributed by atoms with Crippen molar-refractivity contribution >= 4 is 23.5 Å². The molecule has 1 unspecified atom stereocenters. The average Bonchev–Trinajstić information content (AvgIpc) is 2.82. The number of nitrogens with one attached hydrogen (secondary N) is 2. The molecule has 0 aliphatic carbocycles. The topological polar surface area (TPSA) is 98.7 Å². The van der Waals surface area contributed by atoms with E-state index in [-0.39, 0.29) is 13.2 Å². The summed E-state index contributed by atoms with van der Waals surface area (Å²) >= 11 is 0. The monoisotopic (exact) mass is 261 g/mol. The van der Waals surface area contributed by atoms with Gasteiger partial charge < -0.3 is 15.3 Å². The van der Waals surface area contributed by atoms with E-state index in [1.54, 1.807) is 24.3 Å². The minimum absolute atomic E-state index is 0.0702. The highest BCUT2D eigenvalue weighted by Gasteiger charge is 2.60. The van der Waals surface area contributed by atoms with Gasteiger partial charge in [0.05, 0.1) is 12.3 Å². The molecule has 0 saturated carbocycles. The van der Waals surface area contributed by atoms with E-state index in [4.69, 9.17) is 5.11 Å². The van der Waals surface area contributed by atoms with Crippen LogP contribution >= 0.6 is 0 Å². The summed E-state index contributed by atoms with van der Waals surface area (Å²) in [6.07, 6.45) is 0. The molecular formula is C12H11N3O4. The maximum atomic E-state index is 12.5. The number of para-hydroxylation sites is 1. The molecule has 0 bridgehead atoms. The lowest BCUT2D eigenvalue weighted by Crippen LogP contribution is -2.52. The van der Waals surface area contributed by atoms with Crippen molar-refractivity contribution in [3.8, 4) is 0 Å². The molecule has 2 aliphatic heterocycles. The molecule has 7 heteroatoms. The molecule has 1 spiro atoms. The summed E-state index contributed by atoms with van der Waals surface area (Å²) in [5.74, 6) is -1.23. The number of β-amino-alcohol motifs (C(OH)–C–C–N with tert-alkyl or cyclic N) is 1. The fourth-order valence-corrected chi connectivity index (χ4v) is 2.57. The summed E-state index contributed by atoms with van der Waals surface area (Å²) in [7, 11) is 0. The number of amides is 4. The first kappa shape index (κ1) is 11.7. The first-order chi connectivity index (χ1) is 9.11. The summed E-state index contributed by atoms with van der Waals surface area (Å²) in [6.45, 7) is -0.160. The van der Waals surface area contributed by atoms with Crippen LogP contribution in [-0.4, -0.2) is 36.1 Å². The van der Waals surface area contributed by atoms with Crippen molar-refractivity contribution in [3.63, 3.8) is 0 Å². The summed E-state index contributed by atoms with van der Waals surface area (Å²) in [4.78, 5) is 37.2. The van der Waals surface area contributed by atoms with Crippen molar-refractivity contribution in [1.29, 1.82) is 0 Å². The molecule has 3 rings (SSSR count). The number of imide groups is 1. The van der Waals surface area contributed by atoms with Crippen LogP contribution in [0, 0.1) is 0 Å². The van der Waals surface area contributed by atoms with Crippen LogP contribution in [0.25, 0.3) is 0 Å². The number of hydrogen-bond acceptors (Lipinski definition) is 4. The zero-order chi connectivity index (χ0) is 13.6. The molecule has 1 aromatic carbocycles. The van der Waals surface area contributed by atoms with E-state index >= 15 is 0 Å². The second kappa shape index (κ2) is 3.79. The van der Waals surface area contributed by atoms with Crippen LogP contribution in [0.2, 0.25) is 0 Å².